The van der Waals surface area contributed by atoms with Crippen LogP contribution < -0.4 is 0 Å². The Morgan fingerprint density at radius 2 is 2.18 bits per heavy atom. The Balaban J connectivity index is 2.62. The third-order valence-corrected chi connectivity index (χ3v) is 2.38. The van der Waals surface area contributed by atoms with Crippen molar-refractivity contribution in [1.82, 2.24) is 4.90 Å². The van der Waals surface area contributed by atoms with Gasteiger partial charge < -0.3 is 5.11 Å². The van der Waals surface area contributed by atoms with Gasteiger partial charge in [-0.2, -0.15) is 0 Å². The van der Waals surface area contributed by atoms with Gasteiger partial charge in [-0.25, -0.2) is 4.39 Å². The molecule has 1 N–H and O–H groups in total. The Hall–Kier alpha value is -1.68. The van der Waals surface area contributed by atoms with Crippen LogP contribution in [0.2, 0.25) is 0 Å². The van der Waals surface area contributed by atoms with E-state index in [4.69, 9.17) is 5.11 Å². The number of carbonyl (C=O) groups is 1. The van der Waals surface area contributed by atoms with Crippen molar-refractivity contribution in [1.29, 1.82) is 0 Å². The second-order valence-electron chi connectivity index (χ2n) is 3.76. The third-order valence-electron chi connectivity index (χ3n) is 2.38. The summed E-state index contributed by atoms with van der Waals surface area (Å²) in [5, 5.41) is 8.62. The maximum atomic E-state index is 13.4. The average Bonchev–Trinajstić information content (AvgIpc) is 2.29. The number of benzene rings is 1. The molecule has 0 amide bonds. The van der Waals surface area contributed by atoms with Crippen LogP contribution in [0.3, 0.4) is 0 Å². The van der Waals surface area contributed by atoms with Gasteiger partial charge in [-0.15, -0.1) is 6.58 Å². The van der Waals surface area contributed by atoms with Crippen LogP contribution in [0.1, 0.15) is 12.0 Å². The normalized spacial score (nSPS) is 10.5. The van der Waals surface area contributed by atoms with Gasteiger partial charge in [0.2, 0.25) is 0 Å². The first-order valence-electron chi connectivity index (χ1n) is 5.42. The maximum Gasteiger partial charge on any atom is 0.304 e. The lowest BCUT2D eigenvalue weighted by Crippen LogP contribution is -2.26. The Labute approximate surface area is 100 Å². The molecular formula is C13H16FNO2. The van der Waals surface area contributed by atoms with Gasteiger partial charge in [0.15, 0.2) is 0 Å². The Bertz CT molecular complexity index is 393. The monoisotopic (exact) mass is 237 g/mol. The van der Waals surface area contributed by atoms with E-state index >= 15 is 0 Å². The molecule has 0 aliphatic rings. The number of rotatable bonds is 7. The number of hydrogen-bond donors (Lipinski definition) is 1. The maximum absolute atomic E-state index is 13.4. The SMILES string of the molecule is C=CCN(CCC(=O)O)Cc1ccccc1F. The number of hydrogen-bond acceptors (Lipinski definition) is 2. The zero-order valence-corrected chi connectivity index (χ0v) is 9.60. The molecule has 0 saturated carbocycles. The predicted octanol–water partition coefficient (Wildman–Crippen LogP) is 2.29. The van der Waals surface area contributed by atoms with Crippen molar-refractivity contribution in [2.24, 2.45) is 0 Å². The van der Waals surface area contributed by atoms with Crippen LogP contribution in [0, 0.1) is 5.82 Å². The molecule has 1 aromatic rings. The molecule has 0 radical (unpaired) electrons. The highest BCUT2D eigenvalue weighted by molar-refractivity contribution is 5.66. The van der Waals surface area contributed by atoms with Gasteiger partial charge >= 0.3 is 5.97 Å². The fraction of sp³-hybridized carbons (Fsp3) is 0.308. The lowest BCUT2D eigenvalue weighted by Gasteiger charge is -2.19. The fourth-order valence-corrected chi connectivity index (χ4v) is 1.54. The van der Waals surface area contributed by atoms with E-state index in [0.717, 1.165) is 0 Å². The topological polar surface area (TPSA) is 40.5 Å². The minimum Gasteiger partial charge on any atom is -0.481 e. The number of nitrogens with zero attached hydrogens (tertiary/aromatic N) is 1. The molecule has 1 rings (SSSR count). The molecule has 0 fully saturated rings. The molecule has 0 saturated heterocycles. The summed E-state index contributed by atoms with van der Waals surface area (Å²) in [6.07, 6.45) is 1.73. The van der Waals surface area contributed by atoms with Gasteiger partial charge in [-0.1, -0.05) is 24.3 Å². The van der Waals surface area contributed by atoms with E-state index in [1.54, 1.807) is 24.3 Å². The number of halogens is 1. The zero-order chi connectivity index (χ0) is 12.7. The average molecular weight is 237 g/mol. The molecule has 0 aliphatic heterocycles. The highest BCUT2D eigenvalue weighted by atomic mass is 19.1. The molecular weight excluding hydrogens is 221 g/mol. The summed E-state index contributed by atoms with van der Waals surface area (Å²) in [5.74, 6) is -1.12. The van der Waals surface area contributed by atoms with Gasteiger partial charge in [0.25, 0.3) is 0 Å². The molecule has 0 bridgehead atoms. The van der Waals surface area contributed by atoms with Crippen LogP contribution in [0.25, 0.3) is 0 Å². The Kier molecular flexibility index (Phi) is 5.36. The van der Waals surface area contributed by atoms with Gasteiger partial charge in [-0.3, -0.25) is 9.69 Å². The lowest BCUT2D eigenvalue weighted by molar-refractivity contribution is -0.137. The second kappa shape index (κ2) is 6.81. The van der Waals surface area contributed by atoms with Crippen LogP contribution in [-0.2, 0) is 11.3 Å². The smallest absolute Gasteiger partial charge is 0.304 e. The van der Waals surface area contributed by atoms with E-state index in [1.807, 2.05) is 4.90 Å². The Morgan fingerprint density at radius 3 is 2.76 bits per heavy atom. The lowest BCUT2D eigenvalue weighted by atomic mass is 10.2. The van der Waals surface area contributed by atoms with Gasteiger partial charge in [0.1, 0.15) is 5.82 Å². The van der Waals surface area contributed by atoms with Gasteiger partial charge in [-0.05, 0) is 6.07 Å². The highest BCUT2D eigenvalue weighted by Gasteiger charge is 2.09. The van der Waals surface area contributed by atoms with Crippen LogP contribution >= 0.6 is 0 Å². The Morgan fingerprint density at radius 1 is 1.47 bits per heavy atom. The van der Waals surface area contributed by atoms with E-state index in [0.29, 0.717) is 25.2 Å². The zero-order valence-electron chi connectivity index (χ0n) is 9.60. The van der Waals surface area contributed by atoms with E-state index in [2.05, 4.69) is 6.58 Å². The summed E-state index contributed by atoms with van der Waals surface area (Å²) in [5.41, 5.74) is 0.569. The first kappa shape index (κ1) is 13.4. The van der Waals surface area contributed by atoms with Crippen LogP contribution in [0.5, 0.6) is 0 Å². The second-order valence-corrected chi connectivity index (χ2v) is 3.76. The molecule has 1 aromatic carbocycles. The van der Waals surface area contributed by atoms with E-state index in [-0.39, 0.29) is 12.2 Å². The quantitative estimate of drug-likeness (QED) is 0.740. The first-order chi connectivity index (χ1) is 8.13. The van der Waals surface area contributed by atoms with Crippen LogP contribution in [0.15, 0.2) is 36.9 Å². The number of carboxylic acids is 1. The van der Waals surface area contributed by atoms with Crippen LogP contribution in [0.4, 0.5) is 4.39 Å². The minimum absolute atomic E-state index is 0.0439. The van der Waals surface area contributed by atoms with E-state index < -0.39 is 5.97 Å². The van der Waals surface area contributed by atoms with E-state index in [9.17, 15) is 9.18 Å². The molecule has 0 aromatic heterocycles. The van der Waals surface area contributed by atoms with Crippen molar-refractivity contribution in [3.8, 4) is 0 Å². The van der Waals surface area contributed by atoms with Crippen molar-refractivity contribution in [2.45, 2.75) is 13.0 Å². The summed E-state index contributed by atoms with van der Waals surface area (Å²) in [6, 6.07) is 6.50. The van der Waals surface area contributed by atoms with Crippen molar-refractivity contribution < 1.29 is 14.3 Å². The molecule has 92 valence electrons. The summed E-state index contributed by atoms with van der Waals surface area (Å²) in [4.78, 5) is 12.3. The predicted molar refractivity (Wildman–Crippen MR) is 64.1 cm³/mol. The largest absolute Gasteiger partial charge is 0.481 e. The molecule has 0 unspecified atom stereocenters. The van der Waals surface area contributed by atoms with E-state index in [1.165, 1.54) is 6.07 Å². The standard InChI is InChI=1S/C13H16FNO2/c1-2-8-15(9-7-13(16)17)10-11-5-3-4-6-12(11)14/h2-6H,1,7-10H2,(H,16,17). The minimum atomic E-state index is -0.854. The summed E-state index contributed by atoms with van der Waals surface area (Å²) >= 11 is 0. The van der Waals surface area contributed by atoms with Crippen molar-refractivity contribution >= 4 is 5.97 Å². The van der Waals surface area contributed by atoms with Gasteiger partial charge in [0, 0.05) is 25.2 Å². The van der Waals surface area contributed by atoms with Crippen LogP contribution in [-0.4, -0.2) is 29.1 Å². The van der Waals surface area contributed by atoms with Gasteiger partial charge in [0.05, 0.1) is 6.42 Å². The molecule has 0 aliphatic carbocycles. The summed E-state index contributed by atoms with van der Waals surface area (Å²) in [7, 11) is 0. The molecule has 0 spiro atoms. The molecule has 4 heteroatoms. The number of carboxylic acid groups (broad SMARTS) is 1. The molecule has 0 atom stereocenters. The molecule has 17 heavy (non-hydrogen) atoms. The highest BCUT2D eigenvalue weighted by Crippen LogP contribution is 2.10. The number of aliphatic carboxylic acids is 1. The molecule has 0 heterocycles. The fourth-order valence-electron chi connectivity index (χ4n) is 1.54. The molecule has 3 nitrogen and oxygen atoms in total. The summed E-state index contributed by atoms with van der Waals surface area (Å²) in [6.45, 7) is 4.93. The summed E-state index contributed by atoms with van der Waals surface area (Å²) < 4.78 is 13.4. The van der Waals surface area contributed by atoms with Crippen molar-refractivity contribution in [2.75, 3.05) is 13.1 Å². The third kappa shape index (κ3) is 4.78. The first-order valence-corrected chi connectivity index (χ1v) is 5.42. The van der Waals surface area contributed by atoms with Crippen molar-refractivity contribution in [3.63, 3.8) is 0 Å². The van der Waals surface area contributed by atoms with Crippen molar-refractivity contribution in [3.05, 3.63) is 48.3 Å².